The molecule has 0 fully saturated rings. The molecule has 1 aliphatic heterocycles. The van der Waals surface area contributed by atoms with Crippen LogP contribution < -0.4 is 4.90 Å². The molecule has 1 amide bonds. The molecule has 0 N–H and O–H groups in total. The highest BCUT2D eigenvalue weighted by molar-refractivity contribution is 14.1. The van der Waals surface area contributed by atoms with Crippen molar-refractivity contribution in [3.8, 4) is 0 Å². The molecule has 1 heterocycles. The Morgan fingerprint density at radius 3 is 2.75 bits per heavy atom. The van der Waals surface area contributed by atoms with Gasteiger partial charge in [0.15, 0.2) is 0 Å². The summed E-state index contributed by atoms with van der Waals surface area (Å²) < 4.78 is 28.0. The Bertz CT molecular complexity index is 702. The van der Waals surface area contributed by atoms with Crippen molar-refractivity contribution in [1.82, 2.24) is 0 Å². The van der Waals surface area contributed by atoms with Crippen LogP contribution in [0.25, 0.3) is 0 Å². The summed E-state index contributed by atoms with van der Waals surface area (Å²) in [5.41, 5.74) is 1.27. The van der Waals surface area contributed by atoms with E-state index in [1.54, 1.807) is 18.2 Å². The van der Waals surface area contributed by atoms with Crippen molar-refractivity contribution in [2.24, 2.45) is 0 Å². The zero-order valence-corrected chi connectivity index (χ0v) is 12.5. The molecular formula is C15H10F2INO. The molecule has 2 aromatic rings. The maximum Gasteiger partial charge on any atom is 0.258 e. The minimum Gasteiger partial charge on any atom is -0.308 e. The van der Waals surface area contributed by atoms with Crippen LogP contribution in [0.15, 0.2) is 36.4 Å². The molecule has 1 aliphatic rings. The smallest absolute Gasteiger partial charge is 0.258 e. The molecule has 0 radical (unpaired) electrons. The van der Waals surface area contributed by atoms with Crippen LogP contribution in [0.4, 0.5) is 14.5 Å². The first-order valence-electron chi connectivity index (χ1n) is 6.11. The zero-order chi connectivity index (χ0) is 14.3. The van der Waals surface area contributed by atoms with Gasteiger partial charge in [-0.3, -0.25) is 4.79 Å². The number of halogens is 3. The monoisotopic (exact) mass is 385 g/mol. The van der Waals surface area contributed by atoms with Gasteiger partial charge in [0.05, 0.1) is 5.69 Å². The minimum atomic E-state index is -0.663. The second-order valence-electron chi connectivity index (χ2n) is 4.60. The van der Waals surface area contributed by atoms with E-state index in [2.05, 4.69) is 22.6 Å². The van der Waals surface area contributed by atoms with E-state index >= 15 is 0 Å². The highest BCUT2D eigenvalue weighted by Crippen LogP contribution is 2.32. The van der Waals surface area contributed by atoms with Gasteiger partial charge in [-0.2, -0.15) is 0 Å². The van der Waals surface area contributed by atoms with Gasteiger partial charge in [-0.25, -0.2) is 8.78 Å². The SMILES string of the molecule is O=C(c1cccc(I)c1)N1CCc2c(F)cc(F)cc21. The van der Waals surface area contributed by atoms with Crippen LogP contribution in [0.1, 0.15) is 15.9 Å². The van der Waals surface area contributed by atoms with E-state index in [0.717, 1.165) is 9.64 Å². The van der Waals surface area contributed by atoms with Gasteiger partial charge in [0.25, 0.3) is 5.91 Å². The number of fused-ring (bicyclic) bond motifs is 1. The second-order valence-corrected chi connectivity index (χ2v) is 5.85. The summed E-state index contributed by atoms with van der Waals surface area (Å²) in [5, 5.41) is 0. The van der Waals surface area contributed by atoms with Gasteiger partial charge in [0, 0.05) is 27.3 Å². The number of anilines is 1. The van der Waals surface area contributed by atoms with Gasteiger partial charge in [-0.1, -0.05) is 6.07 Å². The lowest BCUT2D eigenvalue weighted by Gasteiger charge is -2.17. The Kier molecular flexibility index (Phi) is 3.45. The minimum absolute atomic E-state index is 0.229. The highest BCUT2D eigenvalue weighted by Gasteiger charge is 2.28. The maximum absolute atomic E-state index is 13.7. The molecule has 0 aliphatic carbocycles. The fourth-order valence-electron chi connectivity index (χ4n) is 2.41. The third-order valence-electron chi connectivity index (χ3n) is 3.33. The molecule has 5 heteroatoms. The van der Waals surface area contributed by atoms with Crippen LogP contribution in [0.5, 0.6) is 0 Å². The first-order valence-corrected chi connectivity index (χ1v) is 7.19. The Morgan fingerprint density at radius 2 is 2.00 bits per heavy atom. The Labute approximate surface area is 128 Å². The average Bonchev–Trinajstić information content (AvgIpc) is 2.81. The summed E-state index contributed by atoms with van der Waals surface area (Å²) in [6, 6.07) is 9.22. The molecule has 0 unspecified atom stereocenters. The van der Waals surface area contributed by atoms with Crippen LogP contribution in [-0.4, -0.2) is 12.5 Å². The first-order chi connectivity index (χ1) is 9.56. The number of carbonyl (C=O) groups excluding carboxylic acids is 1. The molecule has 0 saturated carbocycles. The third kappa shape index (κ3) is 2.30. The van der Waals surface area contributed by atoms with Gasteiger partial charge < -0.3 is 4.90 Å². The van der Waals surface area contributed by atoms with Crippen LogP contribution in [0, 0.1) is 15.2 Å². The number of rotatable bonds is 1. The summed E-state index contributed by atoms with van der Waals surface area (Å²) in [7, 11) is 0. The molecule has 0 saturated heterocycles. The molecule has 0 bridgehead atoms. The number of benzene rings is 2. The van der Waals surface area contributed by atoms with E-state index < -0.39 is 11.6 Å². The number of carbonyl (C=O) groups is 1. The van der Waals surface area contributed by atoms with Gasteiger partial charge in [0.1, 0.15) is 11.6 Å². The molecule has 20 heavy (non-hydrogen) atoms. The maximum atomic E-state index is 13.7. The van der Waals surface area contributed by atoms with Gasteiger partial charge >= 0.3 is 0 Å². The van der Waals surface area contributed by atoms with Crippen LogP contribution in [0.3, 0.4) is 0 Å². The fourth-order valence-corrected chi connectivity index (χ4v) is 2.95. The molecule has 3 rings (SSSR count). The van der Waals surface area contributed by atoms with Crippen LogP contribution >= 0.6 is 22.6 Å². The summed E-state index contributed by atoms with van der Waals surface area (Å²) in [4.78, 5) is 13.9. The number of nitrogens with zero attached hydrogens (tertiary/aromatic N) is 1. The van der Waals surface area contributed by atoms with Crippen molar-refractivity contribution in [3.05, 3.63) is 62.7 Å². The summed E-state index contributed by atoms with van der Waals surface area (Å²) in [6.07, 6.45) is 0.414. The molecule has 0 atom stereocenters. The van der Waals surface area contributed by atoms with Gasteiger partial charge in [-0.15, -0.1) is 0 Å². The zero-order valence-electron chi connectivity index (χ0n) is 10.4. The highest BCUT2D eigenvalue weighted by atomic mass is 127. The predicted octanol–water partition coefficient (Wildman–Crippen LogP) is 3.77. The van der Waals surface area contributed by atoms with Crippen molar-refractivity contribution in [3.63, 3.8) is 0 Å². The van der Waals surface area contributed by atoms with E-state index in [1.165, 1.54) is 11.0 Å². The van der Waals surface area contributed by atoms with Crippen molar-refractivity contribution in [1.29, 1.82) is 0 Å². The van der Waals surface area contributed by atoms with Gasteiger partial charge in [0.2, 0.25) is 0 Å². The number of amides is 1. The number of hydrogen-bond donors (Lipinski definition) is 0. The predicted molar refractivity (Wildman–Crippen MR) is 80.9 cm³/mol. The molecule has 102 valence electrons. The van der Waals surface area contributed by atoms with Crippen molar-refractivity contribution < 1.29 is 13.6 Å². The summed E-state index contributed by atoms with van der Waals surface area (Å²) >= 11 is 2.12. The Balaban J connectivity index is 2.01. The second kappa shape index (κ2) is 5.12. The lowest BCUT2D eigenvalue weighted by Crippen LogP contribution is -2.29. The number of hydrogen-bond acceptors (Lipinski definition) is 1. The van der Waals surface area contributed by atoms with Gasteiger partial charge in [-0.05, 0) is 53.3 Å². The lowest BCUT2D eigenvalue weighted by molar-refractivity contribution is 0.0989. The molecule has 0 aromatic heterocycles. The topological polar surface area (TPSA) is 20.3 Å². The molecular weight excluding hydrogens is 375 g/mol. The summed E-state index contributed by atoms with van der Waals surface area (Å²) in [6.45, 7) is 0.375. The van der Waals surface area contributed by atoms with Crippen LogP contribution in [0.2, 0.25) is 0 Å². The van der Waals surface area contributed by atoms with Crippen molar-refractivity contribution >= 4 is 34.2 Å². The Hall–Kier alpha value is -1.50. The van der Waals surface area contributed by atoms with Crippen LogP contribution in [-0.2, 0) is 6.42 Å². The van der Waals surface area contributed by atoms with Crippen molar-refractivity contribution in [2.75, 3.05) is 11.4 Å². The van der Waals surface area contributed by atoms with E-state index in [1.807, 2.05) is 6.07 Å². The fraction of sp³-hybridized carbons (Fsp3) is 0.133. The van der Waals surface area contributed by atoms with Crippen molar-refractivity contribution in [2.45, 2.75) is 6.42 Å². The Morgan fingerprint density at radius 1 is 1.20 bits per heavy atom. The van der Waals surface area contributed by atoms with E-state index in [9.17, 15) is 13.6 Å². The van der Waals surface area contributed by atoms with E-state index in [-0.39, 0.29) is 5.91 Å². The molecule has 0 spiro atoms. The quantitative estimate of drug-likeness (QED) is 0.685. The summed E-state index contributed by atoms with van der Waals surface area (Å²) in [5.74, 6) is -1.48. The standard InChI is InChI=1S/C15H10F2INO/c16-10-7-13(17)12-4-5-19(14(12)8-10)15(20)9-2-1-3-11(18)6-9/h1-3,6-8H,4-5H2. The first kappa shape index (κ1) is 13.5. The normalized spacial score (nSPS) is 13.4. The third-order valence-corrected chi connectivity index (χ3v) is 4.00. The average molecular weight is 385 g/mol. The van der Waals surface area contributed by atoms with E-state index in [0.29, 0.717) is 29.8 Å². The van der Waals surface area contributed by atoms with E-state index in [4.69, 9.17) is 0 Å². The molecule has 2 nitrogen and oxygen atoms in total. The lowest BCUT2D eigenvalue weighted by atomic mass is 10.1. The molecule has 2 aromatic carbocycles. The largest absolute Gasteiger partial charge is 0.308 e.